The number of halogens is 2. The van der Waals surface area contributed by atoms with Crippen LogP contribution in [0, 0.1) is 0 Å². The monoisotopic (exact) mass is 649 g/mol. The highest BCUT2D eigenvalue weighted by Crippen LogP contribution is 2.35. The van der Waals surface area contributed by atoms with Gasteiger partial charge in [0.2, 0.25) is 0 Å². The van der Waals surface area contributed by atoms with Gasteiger partial charge < -0.3 is 24.2 Å². The smallest absolute Gasteiger partial charge is 0.253 e. The first-order chi connectivity index (χ1) is 21.4. The predicted octanol–water partition coefficient (Wildman–Crippen LogP) is 6.62. The van der Waals surface area contributed by atoms with Crippen LogP contribution in [0.1, 0.15) is 27.0 Å². The molecule has 1 amide bonds. The van der Waals surface area contributed by atoms with Crippen molar-refractivity contribution in [2.24, 2.45) is 0 Å². The Labute approximate surface area is 271 Å². The number of para-hydroxylation sites is 1. The van der Waals surface area contributed by atoms with Crippen LogP contribution in [-0.2, 0) is 18.7 Å². The Morgan fingerprint density at radius 3 is 2.34 bits per heavy atom. The van der Waals surface area contributed by atoms with E-state index in [-0.39, 0.29) is 5.91 Å². The highest BCUT2D eigenvalue weighted by atomic mass is 35.5. The summed E-state index contributed by atoms with van der Waals surface area (Å²) in [5, 5.41) is 1.73. The molecule has 4 aromatic rings. The van der Waals surface area contributed by atoms with Gasteiger partial charge in [-0.1, -0.05) is 59.2 Å². The molecule has 1 aromatic heterocycles. The third-order valence-electron chi connectivity index (χ3n) is 8.00. The van der Waals surface area contributed by atoms with Crippen molar-refractivity contribution in [3.05, 3.63) is 99.2 Å². The van der Waals surface area contributed by atoms with Crippen LogP contribution in [0.25, 0.3) is 0 Å². The molecule has 0 radical (unpaired) electrons. The second kappa shape index (κ2) is 13.5. The average molecular weight is 651 g/mol. The average Bonchev–Trinajstić information content (AvgIpc) is 3.06. The molecular formula is C33H33Cl2N5O3S. The standard InChI is InChI=1S/C33H33Cl2N5O3S/c1-42-28-17-23-10-11-40(20-25(23)18-29(28)43-2)31-19-30(35)36-33(37-31)44-21-22-6-5-7-24(16-22)32(41)39-14-12-38(13-15-39)27-9-4-3-8-26(27)34/h3-9,16-19H,10-15,20-21H2,1-2H3. The zero-order valence-electron chi connectivity index (χ0n) is 24.6. The quantitative estimate of drug-likeness (QED) is 0.120. The predicted molar refractivity (Wildman–Crippen MR) is 177 cm³/mol. The van der Waals surface area contributed by atoms with Gasteiger partial charge in [-0.05, 0) is 59.5 Å². The van der Waals surface area contributed by atoms with Gasteiger partial charge in [-0.3, -0.25) is 4.79 Å². The van der Waals surface area contributed by atoms with Crippen LogP contribution in [0.4, 0.5) is 11.5 Å². The third-order valence-corrected chi connectivity index (χ3v) is 9.44. The Hall–Kier alpha value is -3.66. The highest BCUT2D eigenvalue weighted by Gasteiger charge is 2.24. The molecule has 1 fully saturated rings. The van der Waals surface area contributed by atoms with E-state index in [1.54, 1.807) is 14.2 Å². The maximum absolute atomic E-state index is 13.4. The zero-order chi connectivity index (χ0) is 30.6. The number of benzene rings is 3. The molecule has 0 N–H and O–H groups in total. The Kier molecular flexibility index (Phi) is 9.35. The van der Waals surface area contributed by atoms with Crippen LogP contribution in [-0.4, -0.2) is 67.7 Å². The molecule has 0 saturated carbocycles. The lowest BCUT2D eigenvalue weighted by Gasteiger charge is -2.36. The molecule has 6 rings (SSSR count). The minimum absolute atomic E-state index is 0.0385. The van der Waals surface area contributed by atoms with Crippen LogP contribution >= 0.6 is 35.0 Å². The molecule has 0 aliphatic carbocycles. The summed E-state index contributed by atoms with van der Waals surface area (Å²) in [6.07, 6.45) is 0.857. The topological polar surface area (TPSA) is 71.0 Å². The number of methoxy groups -OCH3 is 2. The Bertz CT molecular complexity index is 1660. The molecule has 2 aliphatic heterocycles. The summed E-state index contributed by atoms with van der Waals surface area (Å²) in [5.41, 5.74) is 5.13. The molecule has 3 heterocycles. The van der Waals surface area contributed by atoms with Gasteiger partial charge in [-0.2, -0.15) is 0 Å². The summed E-state index contributed by atoms with van der Waals surface area (Å²) in [6.45, 7) is 4.25. The van der Waals surface area contributed by atoms with Gasteiger partial charge in [0.1, 0.15) is 11.0 Å². The van der Waals surface area contributed by atoms with Crippen LogP contribution in [0.5, 0.6) is 11.5 Å². The molecule has 2 aliphatic rings. The van der Waals surface area contributed by atoms with Crippen LogP contribution in [0.15, 0.2) is 71.9 Å². The largest absolute Gasteiger partial charge is 0.493 e. The lowest BCUT2D eigenvalue weighted by atomic mass is 9.99. The van der Waals surface area contributed by atoms with Gasteiger partial charge in [-0.25, -0.2) is 9.97 Å². The zero-order valence-corrected chi connectivity index (χ0v) is 27.0. The summed E-state index contributed by atoms with van der Waals surface area (Å²) in [5.74, 6) is 2.89. The molecule has 0 atom stereocenters. The summed E-state index contributed by atoms with van der Waals surface area (Å²) in [4.78, 5) is 29.0. The van der Waals surface area contributed by atoms with E-state index in [0.717, 1.165) is 53.9 Å². The molecule has 3 aromatic carbocycles. The van der Waals surface area contributed by atoms with E-state index >= 15 is 0 Å². The van der Waals surface area contributed by atoms with E-state index in [9.17, 15) is 4.79 Å². The number of ether oxygens (including phenoxy) is 2. The normalized spacial score (nSPS) is 14.8. The fourth-order valence-corrected chi connectivity index (χ4v) is 6.95. The molecule has 44 heavy (non-hydrogen) atoms. The number of aromatic nitrogens is 2. The lowest BCUT2D eigenvalue weighted by molar-refractivity contribution is 0.0746. The van der Waals surface area contributed by atoms with E-state index in [0.29, 0.717) is 47.0 Å². The van der Waals surface area contributed by atoms with Crippen molar-refractivity contribution in [1.82, 2.24) is 14.9 Å². The molecule has 1 saturated heterocycles. The van der Waals surface area contributed by atoms with Crippen molar-refractivity contribution >= 4 is 52.4 Å². The number of hydrogen-bond donors (Lipinski definition) is 0. The maximum atomic E-state index is 13.4. The number of rotatable bonds is 8. The third kappa shape index (κ3) is 6.70. The first-order valence-corrected chi connectivity index (χ1v) is 16.2. The molecule has 0 bridgehead atoms. The van der Waals surface area contributed by atoms with Gasteiger partial charge in [0.05, 0.1) is 24.9 Å². The summed E-state index contributed by atoms with van der Waals surface area (Å²) < 4.78 is 11.0. The summed E-state index contributed by atoms with van der Waals surface area (Å²) in [6, 6.07) is 21.5. The molecule has 228 valence electrons. The van der Waals surface area contributed by atoms with E-state index in [2.05, 4.69) is 20.9 Å². The van der Waals surface area contributed by atoms with Crippen molar-refractivity contribution in [1.29, 1.82) is 0 Å². The van der Waals surface area contributed by atoms with Crippen molar-refractivity contribution in [2.45, 2.75) is 23.9 Å². The van der Waals surface area contributed by atoms with Gasteiger partial charge in [0.15, 0.2) is 16.7 Å². The van der Waals surface area contributed by atoms with Crippen molar-refractivity contribution < 1.29 is 14.3 Å². The number of carbonyl (C=O) groups excluding carboxylic acids is 1. The van der Waals surface area contributed by atoms with Gasteiger partial charge >= 0.3 is 0 Å². The summed E-state index contributed by atoms with van der Waals surface area (Å²) in [7, 11) is 3.30. The van der Waals surface area contributed by atoms with E-state index in [4.69, 9.17) is 37.7 Å². The molecule has 11 heteroatoms. The number of carbonyl (C=O) groups is 1. The number of amides is 1. The number of nitrogens with zero attached hydrogens (tertiary/aromatic N) is 5. The first kappa shape index (κ1) is 30.4. The molecule has 0 unspecified atom stereocenters. The van der Waals surface area contributed by atoms with Crippen LogP contribution in [0.2, 0.25) is 10.2 Å². The fourth-order valence-electron chi connectivity index (χ4n) is 5.67. The Morgan fingerprint density at radius 1 is 0.841 bits per heavy atom. The minimum atomic E-state index is 0.0385. The Balaban J connectivity index is 1.09. The minimum Gasteiger partial charge on any atom is -0.493 e. The number of thioether (sulfide) groups is 1. The fraction of sp³-hybridized carbons (Fsp3) is 0.303. The van der Waals surface area contributed by atoms with E-state index in [1.165, 1.54) is 22.9 Å². The molecule has 8 nitrogen and oxygen atoms in total. The number of hydrogen-bond acceptors (Lipinski definition) is 8. The van der Waals surface area contributed by atoms with Gasteiger partial charge in [-0.15, -0.1) is 0 Å². The molecular weight excluding hydrogens is 617 g/mol. The maximum Gasteiger partial charge on any atom is 0.253 e. The lowest BCUT2D eigenvalue weighted by Crippen LogP contribution is -2.48. The van der Waals surface area contributed by atoms with E-state index < -0.39 is 0 Å². The van der Waals surface area contributed by atoms with Crippen molar-refractivity contribution in [3.63, 3.8) is 0 Å². The highest BCUT2D eigenvalue weighted by molar-refractivity contribution is 7.98. The second-order valence-electron chi connectivity index (χ2n) is 10.7. The summed E-state index contributed by atoms with van der Waals surface area (Å²) >= 11 is 14.4. The first-order valence-electron chi connectivity index (χ1n) is 14.5. The van der Waals surface area contributed by atoms with Crippen LogP contribution < -0.4 is 19.3 Å². The van der Waals surface area contributed by atoms with E-state index in [1.807, 2.05) is 65.6 Å². The number of piperazine rings is 1. The van der Waals surface area contributed by atoms with Gasteiger partial charge in [0, 0.05) is 56.7 Å². The van der Waals surface area contributed by atoms with Gasteiger partial charge in [0.25, 0.3) is 5.91 Å². The van der Waals surface area contributed by atoms with Crippen molar-refractivity contribution in [3.8, 4) is 11.5 Å². The van der Waals surface area contributed by atoms with Crippen LogP contribution in [0.3, 0.4) is 0 Å². The molecule has 0 spiro atoms. The van der Waals surface area contributed by atoms with Crippen molar-refractivity contribution in [2.75, 3.05) is 56.7 Å². The number of fused-ring (bicyclic) bond motifs is 1. The second-order valence-corrected chi connectivity index (χ2v) is 12.4. The SMILES string of the molecule is COc1cc2c(cc1OC)CN(c1cc(Cl)nc(SCc3cccc(C(=O)N4CCN(c5ccccc5Cl)CC4)c3)n1)CC2. The Morgan fingerprint density at radius 2 is 1.59 bits per heavy atom. The number of anilines is 2.